The van der Waals surface area contributed by atoms with E-state index in [9.17, 15) is 16.8 Å². The lowest BCUT2D eigenvalue weighted by Gasteiger charge is -2.22. The van der Waals surface area contributed by atoms with Crippen LogP contribution < -0.4 is 14.2 Å². The first-order valence-electron chi connectivity index (χ1n) is 7.68. The zero-order valence-corrected chi connectivity index (χ0v) is 16.8. The molecule has 0 spiro atoms. The van der Waals surface area contributed by atoms with Gasteiger partial charge >= 0.3 is 0 Å². The van der Waals surface area contributed by atoms with Crippen molar-refractivity contribution >= 4 is 20.0 Å². The van der Waals surface area contributed by atoms with Crippen molar-refractivity contribution in [2.75, 3.05) is 40.1 Å². The Labute approximate surface area is 150 Å². The van der Waals surface area contributed by atoms with Crippen molar-refractivity contribution in [2.45, 2.75) is 18.7 Å². The molecule has 1 N–H and O–H groups in total. The van der Waals surface area contributed by atoms with Crippen molar-refractivity contribution in [2.24, 2.45) is 5.92 Å². The maximum Gasteiger partial charge on any atom is 0.244 e. The molecule has 10 heteroatoms. The molecule has 0 aromatic heterocycles. The van der Waals surface area contributed by atoms with Crippen molar-refractivity contribution in [3.63, 3.8) is 0 Å². The molecule has 1 rings (SSSR count). The zero-order chi connectivity index (χ0) is 19.3. The van der Waals surface area contributed by atoms with Crippen LogP contribution in [0.25, 0.3) is 0 Å². The van der Waals surface area contributed by atoms with Crippen molar-refractivity contribution in [1.82, 2.24) is 9.03 Å². The Hall–Kier alpha value is -1.36. The Kier molecular flexibility index (Phi) is 7.66. The lowest BCUT2D eigenvalue weighted by Crippen LogP contribution is -2.39. The van der Waals surface area contributed by atoms with Gasteiger partial charge in [-0.3, -0.25) is 0 Å². The Balaban J connectivity index is 2.88. The summed E-state index contributed by atoms with van der Waals surface area (Å²) in [4.78, 5) is -0.0365. The van der Waals surface area contributed by atoms with E-state index in [1.807, 2.05) is 13.8 Å². The molecule has 25 heavy (non-hydrogen) atoms. The van der Waals surface area contributed by atoms with Gasteiger partial charge in [-0.2, -0.15) is 0 Å². The second-order valence-corrected chi connectivity index (χ2v) is 9.65. The van der Waals surface area contributed by atoms with Gasteiger partial charge in [0.2, 0.25) is 20.0 Å². The van der Waals surface area contributed by atoms with Crippen LogP contribution in [0.4, 0.5) is 0 Å². The Morgan fingerprint density at radius 2 is 1.76 bits per heavy atom. The van der Waals surface area contributed by atoms with Crippen LogP contribution in [0.2, 0.25) is 0 Å². The van der Waals surface area contributed by atoms with Crippen LogP contribution in [-0.2, 0) is 20.0 Å². The molecule has 0 aliphatic rings. The van der Waals surface area contributed by atoms with Crippen LogP contribution >= 0.6 is 0 Å². The molecule has 0 radical (unpaired) electrons. The van der Waals surface area contributed by atoms with Crippen LogP contribution in [0.1, 0.15) is 13.8 Å². The molecule has 0 unspecified atom stereocenters. The Morgan fingerprint density at radius 3 is 2.24 bits per heavy atom. The Morgan fingerprint density at radius 1 is 1.12 bits per heavy atom. The molecule has 0 aliphatic heterocycles. The smallest absolute Gasteiger partial charge is 0.244 e. The standard InChI is InChI=1S/C15H26N2O6S2/c1-12(2)11-17(24(5,18)19)9-8-16-25(20,21)15-7-6-13(22-3)10-14(15)23-4/h6-7,10,12,16H,8-9,11H2,1-5H3. The van der Waals surface area contributed by atoms with E-state index < -0.39 is 20.0 Å². The molecule has 0 aliphatic carbocycles. The van der Waals surface area contributed by atoms with Gasteiger partial charge < -0.3 is 9.47 Å². The van der Waals surface area contributed by atoms with E-state index in [0.717, 1.165) is 6.26 Å². The second-order valence-electron chi connectivity index (χ2n) is 5.93. The lowest BCUT2D eigenvalue weighted by atomic mass is 10.2. The normalized spacial score (nSPS) is 12.6. The highest BCUT2D eigenvalue weighted by molar-refractivity contribution is 7.89. The number of nitrogens with zero attached hydrogens (tertiary/aromatic N) is 1. The number of hydrogen-bond donors (Lipinski definition) is 1. The van der Waals surface area contributed by atoms with Gasteiger partial charge in [0.15, 0.2) is 0 Å². The maximum absolute atomic E-state index is 12.5. The fourth-order valence-corrected chi connectivity index (χ4v) is 4.34. The van der Waals surface area contributed by atoms with Gasteiger partial charge in [-0.15, -0.1) is 0 Å². The van der Waals surface area contributed by atoms with Crippen LogP contribution in [0.3, 0.4) is 0 Å². The predicted molar refractivity (Wildman–Crippen MR) is 96.0 cm³/mol. The van der Waals surface area contributed by atoms with Crippen molar-refractivity contribution in [1.29, 1.82) is 0 Å². The number of rotatable bonds is 10. The fraction of sp³-hybridized carbons (Fsp3) is 0.600. The molecule has 8 nitrogen and oxygen atoms in total. The average molecular weight is 395 g/mol. The quantitative estimate of drug-likeness (QED) is 0.633. The van der Waals surface area contributed by atoms with Crippen molar-refractivity contribution < 1.29 is 26.3 Å². The van der Waals surface area contributed by atoms with E-state index in [-0.39, 0.29) is 29.7 Å². The number of benzene rings is 1. The largest absolute Gasteiger partial charge is 0.497 e. The molecular formula is C15H26N2O6S2. The summed E-state index contributed by atoms with van der Waals surface area (Å²) in [6, 6.07) is 4.36. The number of nitrogens with one attached hydrogen (secondary N) is 1. The molecule has 1 aromatic rings. The second kappa shape index (κ2) is 8.84. The van der Waals surface area contributed by atoms with Crippen LogP contribution in [0, 0.1) is 5.92 Å². The topological polar surface area (TPSA) is 102 Å². The van der Waals surface area contributed by atoms with Gasteiger partial charge in [-0.1, -0.05) is 13.8 Å². The monoisotopic (exact) mass is 394 g/mol. The minimum atomic E-state index is -3.85. The number of methoxy groups -OCH3 is 2. The first-order valence-corrected chi connectivity index (χ1v) is 11.0. The van der Waals surface area contributed by atoms with E-state index in [2.05, 4.69) is 4.72 Å². The molecule has 0 atom stereocenters. The van der Waals surface area contributed by atoms with Gasteiger partial charge in [0, 0.05) is 25.7 Å². The molecular weight excluding hydrogens is 368 g/mol. The lowest BCUT2D eigenvalue weighted by molar-refractivity contribution is 0.372. The van der Waals surface area contributed by atoms with Gasteiger partial charge in [0.1, 0.15) is 16.4 Å². The fourth-order valence-electron chi connectivity index (χ4n) is 2.18. The number of ether oxygens (including phenoxy) is 2. The SMILES string of the molecule is COc1ccc(S(=O)(=O)NCCN(CC(C)C)S(C)(=O)=O)c(OC)c1. The summed E-state index contributed by atoms with van der Waals surface area (Å²) in [5.74, 6) is 0.748. The predicted octanol–water partition coefficient (Wildman–Crippen LogP) is 0.900. The number of sulfonamides is 2. The average Bonchev–Trinajstić information content (AvgIpc) is 2.51. The van der Waals surface area contributed by atoms with Gasteiger partial charge in [-0.05, 0) is 18.1 Å². The van der Waals surface area contributed by atoms with Gasteiger partial charge in [-0.25, -0.2) is 25.9 Å². The highest BCUT2D eigenvalue weighted by atomic mass is 32.2. The van der Waals surface area contributed by atoms with Crippen molar-refractivity contribution in [3.05, 3.63) is 18.2 Å². The summed E-state index contributed by atoms with van der Waals surface area (Å²) in [5.41, 5.74) is 0. The highest BCUT2D eigenvalue weighted by Gasteiger charge is 2.22. The molecule has 144 valence electrons. The molecule has 0 heterocycles. The molecule has 0 saturated carbocycles. The summed E-state index contributed by atoms with van der Waals surface area (Å²) in [7, 11) is -4.43. The molecule has 1 aromatic carbocycles. The van der Waals surface area contributed by atoms with Crippen LogP contribution in [0.5, 0.6) is 11.5 Å². The minimum absolute atomic E-state index is 0.0365. The third-order valence-electron chi connectivity index (χ3n) is 3.35. The molecule has 0 fully saturated rings. The third-order valence-corrected chi connectivity index (χ3v) is 6.12. The van der Waals surface area contributed by atoms with E-state index in [1.165, 1.54) is 36.7 Å². The molecule has 0 amide bonds. The van der Waals surface area contributed by atoms with E-state index in [4.69, 9.17) is 9.47 Å². The summed E-state index contributed by atoms with van der Waals surface area (Å²) >= 11 is 0. The molecule has 0 bridgehead atoms. The maximum atomic E-state index is 12.5. The third kappa shape index (κ3) is 6.46. The Bertz CT molecular complexity index is 775. The summed E-state index contributed by atoms with van der Waals surface area (Å²) < 4.78 is 62.3. The van der Waals surface area contributed by atoms with E-state index in [1.54, 1.807) is 0 Å². The van der Waals surface area contributed by atoms with E-state index >= 15 is 0 Å². The van der Waals surface area contributed by atoms with Crippen LogP contribution in [0.15, 0.2) is 23.1 Å². The number of hydrogen-bond acceptors (Lipinski definition) is 6. The van der Waals surface area contributed by atoms with Crippen LogP contribution in [-0.4, -0.2) is 61.3 Å². The summed E-state index contributed by atoms with van der Waals surface area (Å²) in [6.07, 6.45) is 1.11. The molecule has 0 saturated heterocycles. The first-order chi connectivity index (χ1) is 11.5. The van der Waals surface area contributed by atoms with Gasteiger partial charge in [0.25, 0.3) is 0 Å². The van der Waals surface area contributed by atoms with Crippen molar-refractivity contribution in [3.8, 4) is 11.5 Å². The highest BCUT2D eigenvalue weighted by Crippen LogP contribution is 2.28. The zero-order valence-electron chi connectivity index (χ0n) is 15.1. The first kappa shape index (κ1) is 21.7. The van der Waals surface area contributed by atoms with Gasteiger partial charge in [0.05, 0.1) is 20.5 Å². The minimum Gasteiger partial charge on any atom is -0.497 e. The summed E-state index contributed by atoms with van der Waals surface area (Å²) in [6.45, 7) is 4.12. The van der Waals surface area contributed by atoms with E-state index in [0.29, 0.717) is 12.3 Å². The summed E-state index contributed by atoms with van der Waals surface area (Å²) in [5, 5.41) is 0.